The number of aliphatic imine (C=N–C) groups is 1. The molecule has 4 aromatic rings. The number of hydrogen-bond acceptors (Lipinski definition) is 5. The minimum Gasteiger partial charge on any atom is -0.496 e. The van der Waals surface area contributed by atoms with Crippen molar-refractivity contribution < 1.29 is 9.47 Å². The number of ether oxygens (including phenoxy) is 2. The van der Waals surface area contributed by atoms with Crippen molar-refractivity contribution in [3.8, 4) is 22.9 Å². The SMILES string of the molecule is COc1cc(-c2nc(N=C(c3ccccc3)c3ccccc3)nn2CCC2CCCCC2)c(OC)cc1C. The van der Waals surface area contributed by atoms with Crippen molar-refractivity contribution in [2.75, 3.05) is 14.2 Å². The van der Waals surface area contributed by atoms with E-state index in [4.69, 9.17) is 24.5 Å². The van der Waals surface area contributed by atoms with Gasteiger partial charge in [-0.05, 0) is 37.0 Å². The van der Waals surface area contributed by atoms with Crippen LogP contribution in [0.15, 0.2) is 77.8 Å². The van der Waals surface area contributed by atoms with Crippen LogP contribution in [0.25, 0.3) is 11.4 Å². The van der Waals surface area contributed by atoms with Crippen LogP contribution in [0.2, 0.25) is 0 Å². The first-order valence-corrected chi connectivity index (χ1v) is 13.5. The monoisotopic (exact) mass is 508 g/mol. The zero-order valence-corrected chi connectivity index (χ0v) is 22.6. The lowest BCUT2D eigenvalue weighted by atomic mass is 9.87. The van der Waals surface area contributed by atoms with E-state index in [1.165, 1.54) is 32.1 Å². The Morgan fingerprint density at radius 3 is 2.11 bits per heavy atom. The highest BCUT2D eigenvalue weighted by atomic mass is 16.5. The molecule has 0 radical (unpaired) electrons. The van der Waals surface area contributed by atoms with Crippen molar-refractivity contribution in [1.29, 1.82) is 0 Å². The van der Waals surface area contributed by atoms with Crippen LogP contribution in [0.5, 0.6) is 11.5 Å². The molecular formula is C32H36N4O2. The molecule has 1 aliphatic carbocycles. The molecule has 1 saturated carbocycles. The van der Waals surface area contributed by atoms with Gasteiger partial charge in [0.05, 0.1) is 25.5 Å². The fourth-order valence-corrected chi connectivity index (χ4v) is 5.33. The van der Waals surface area contributed by atoms with E-state index in [9.17, 15) is 0 Å². The zero-order valence-electron chi connectivity index (χ0n) is 22.6. The summed E-state index contributed by atoms with van der Waals surface area (Å²) in [6.07, 6.45) is 7.67. The van der Waals surface area contributed by atoms with Crippen molar-refractivity contribution >= 4 is 11.7 Å². The van der Waals surface area contributed by atoms with Gasteiger partial charge in [0.15, 0.2) is 5.82 Å². The third-order valence-electron chi connectivity index (χ3n) is 7.40. The highest BCUT2D eigenvalue weighted by Gasteiger charge is 2.21. The third-order valence-corrected chi connectivity index (χ3v) is 7.40. The fraction of sp³-hybridized carbons (Fsp3) is 0.344. The Hall–Kier alpha value is -3.93. The number of benzene rings is 3. The van der Waals surface area contributed by atoms with Crippen LogP contribution in [0.1, 0.15) is 55.2 Å². The average molecular weight is 509 g/mol. The molecule has 196 valence electrons. The Balaban J connectivity index is 1.61. The quantitative estimate of drug-likeness (QED) is 0.221. The van der Waals surface area contributed by atoms with E-state index in [0.29, 0.717) is 5.95 Å². The van der Waals surface area contributed by atoms with Crippen molar-refractivity contribution in [3.05, 3.63) is 89.5 Å². The minimum atomic E-state index is 0.438. The van der Waals surface area contributed by atoms with Gasteiger partial charge in [-0.3, -0.25) is 0 Å². The second kappa shape index (κ2) is 12.1. The number of nitrogens with zero attached hydrogens (tertiary/aromatic N) is 4. The minimum absolute atomic E-state index is 0.438. The summed E-state index contributed by atoms with van der Waals surface area (Å²) < 4.78 is 13.4. The molecule has 0 bridgehead atoms. The van der Waals surface area contributed by atoms with Gasteiger partial charge in [-0.1, -0.05) is 92.8 Å². The Morgan fingerprint density at radius 1 is 0.868 bits per heavy atom. The van der Waals surface area contributed by atoms with Crippen molar-refractivity contribution in [2.24, 2.45) is 10.9 Å². The van der Waals surface area contributed by atoms with E-state index in [0.717, 1.165) is 64.2 Å². The van der Waals surface area contributed by atoms with Crippen molar-refractivity contribution in [3.63, 3.8) is 0 Å². The molecule has 3 aromatic carbocycles. The summed E-state index contributed by atoms with van der Waals surface area (Å²) in [5, 5.41) is 4.94. The molecule has 0 N–H and O–H groups in total. The van der Waals surface area contributed by atoms with Gasteiger partial charge in [-0.2, -0.15) is 4.98 Å². The normalized spacial score (nSPS) is 13.8. The molecule has 0 aliphatic heterocycles. The summed E-state index contributed by atoms with van der Waals surface area (Å²) >= 11 is 0. The molecule has 0 spiro atoms. The molecule has 1 fully saturated rings. The summed E-state index contributed by atoms with van der Waals surface area (Å²) in [5.74, 6) is 3.45. The van der Waals surface area contributed by atoms with Crippen LogP contribution >= 0.6 is 0 Å². The van der Waals surface area contributed by atoms with E-state index in [1.54, 1.807) is 14.2 Å². The van der Waals surface area contributed by atoms with Gasteiger partial charge >= 0.3 is 0 Å². The number of aromatic nitrogens is 3. The smallest absolute Gasteiger partial charge is 0.269 e. The van der Waals surface area contributed by atoms with E-state index in [1.807, 2.05) is 60.1 Å². The van der Waals surface area contributed by atoms with Crippen LogP contribution in [-0.2, 0) is 6.54 Å². The predicted octanol–water partition coefficient (Wildman–Crippen LogP) is 7.41. The van der Waals surface area contributed by atoms with Crippen LogP contribution < -0.4 is 9.47 Å². The molecule has 0 amide bonds. The van der Waals surface area contributed by atoms with Gasteiger partial charge in [-0.15, -0.1) is 5.10 Å². The van der Waals surface area contributed by atoms with Gasteiger partial charge in [0.25, 0.3) is 5.95 Å². The summed E-state index contributed by atoms with van der Waals surface area (Å²) in [5.41, 5.74) is 4.75. The predicted molar refractivity (Wildman–Crippen MR) is 153 cm³/mol. The fourth-order valence-electron chi connectivity index (χ4n) is 5.33. The topological polar surface area (TPSA) is 61.5 Å². The first kappa shape index (κ1) is 25.7. The highest BCUT2D eigenvalue weighted by molar-refractivity contribution is 6.13. The molecular weight excluding hydrogens is 472 g/mol. The Labute approximate surface area is 225 Å². The molecule has 1 heterocycles. The number of hydrogen-bond donors (Lipinski definition) is 0. The zero-order chi connectivity index (χ0) is 26.3. The summed E-state index contributed by atoms with van der Waals surface area (Å²) in [6, 6.07) is 24.4. The Morgan fingerprint density at radius 2 is 1.50 bits per heavy atom. The maximum Gasteiger partial charge on any atom is 0.269 e. The highest BCUT2D eigenvalue weighted by Crippen LogP contribution is 2.36. The third kappa shape index (κ3) is 5.80. The van der Waals surface area contributed by atoms with E-state index >= 15 is 0 Å². The molecule has 38 heavy (non-hydrogen) atoms. The van der Waals surface area contributed by atoms with Gasteiger partial charge in [0, 0.05) is 17.7 Å². The molecule has 0 saturated heterocycles. The van der Waals surface area contributed by atoms with Crippen molar-refractivity contribution in [1.82, 2.24) is 14.8 Å². The van der Waals surface area contributed by atoms with E-state index in [-0.39, 0.29) is 0 Å². The lowest BCUT2D eigenvalue weighted by Crippen LogP contribution is -2.12. The van der Waals surface area contributed by atoms with Crippen LogP contribution in [0, 0.1) is 12.8 Å². The largest absolute Gasteiger partial charge is 0.496 e. The lowest BCUT2D eigenvalue weighted by Gasteiger charge is -2.21. The van der Waals surface area contributed by atoms with Gasteiger partial charge < -0.3 is 9.47 Å². The standard InChI is InChI=1S/C32H36N4O2/c1-23-21-29(38-3)27(22-28(23)37-2)31-34-32(35-36(31)20-19-24-13-7-4-8-14-24)33-30(25-15-9-5-10-16-25)26-17-11-6-12-18-26/h5-6,9-12,15-18,21-22,24H,4,7-8,13-14,19-20H2,1-3H3. The molecule has 6 heteroatoms. The average Bonchev–Trinajstić information content (AvgIpc) is 3.38. The maximum atomic E-state index is 5.79. The summed E-state index contributed by atoms with van der Waals surface area (Å²) in [6.45, 7) is 2.80. The first-order chi connectivity index (χ1) is 18.7. The van der Waals surface area contributed by atoms with Gasteiger partial charge in [0.2, 0.25) is 0 Å². The number of rotatable bonds is 9. The Kier molecular flexibility index (Phi) is 8.17. The van der Waals surface area contributed by atoms with Crippen LogP contribution in [0.3, 0.4) is 0 Å². The van der Waals surface area contributed by atoms with Crippen molar-refractivity contribution in [2.45, 2.75) is 52.0 Å². The molecule has 0 atom stereocenters. The van der Waals surface area contributed by atoms with E-state index in [2.05, 4.69) is 24.3 Å². The van der Waals surface area contributed by atoms with Crippen LogP contribution in [0.4, 0.5) is 5.95 Å². The summed E-state index contributed by atoms with van der Waals surface area (Å²) in [7, 11) is 3.38. The number of methoxy groups -OCH3 is 2. The molecule has 0 unspecified atom stereocenters. The lowest BCUT2D eigenvalue weighted by molar-refractivity contribution is 0.319. The summed E-state index contributed by atoms with van der Waals surface area (Å²) in [4.78, 5) is 10.00. The molecule has 5 rings (SSSR count). The number of aryl methyl sites for hydroxylation is 2. The first-order valence-electron chi connectivity index (χ1n) is 13.5. The molecule has 6 nitrogen and oxygen atoms in total. The second-order valence-corrected chi connectivity index (χ2v) is 9.97. The molecule has 1 aliphatic rings. The second-order valence-electron chi connectivity index (χ2n) is 9.97. The molecule has 1 aromatic heterocycles. The Bertz CT molecular complexity index is 1330. The maximum absolute atomic E-state index is 5.79. The van der Waals surface area contributed by atoms with Gasteiger partial charge in [-0.25, -0.2) is 9.67 Å². The van der Waals surface area contributed by atoms with Crippen LogP contribution in [-0.4, -0.2) is 34.7 Å². The van der Waals surface area contributed by atoms with Gasteiger partial charge in [0.1, 0.15) is 11.5 Å². The van der Waals surface area contributed by atoms with E-state index < -0.39 is 0 Å².